The van der Waals surface area contributed by atoms with Gasteiger partial charge in [-0.25, -0.2) is 0 Å². The number of ether oxygens (including phenoxy) is 1. The molecule has 0 amide bonds. The minimum atomic E-state index is -4.43. The first kappa shape index (κ1) is 16.7. The van der Waals surface area contributed by atoms with Crippen LogP contribution in [0.5, 0.6) is 0 Å². The van der Waals surface area contributed by atoms with Crippen LogP contribution in [0.3, 0.4) is 0 Å². The zero-order chi connectivity index (χ0) is 16.7. The Kier molecular flexibility index (Phi) is 4.39. The van der Waals surface area contributed by atoms with Gasteiger partial charge >= 0.3 is 6.18 Å². The second-order valence-electron chi connectivity index (χ2n) is 6.57. The lowest BCUT2D eigenvalue weighted by Crippen LogP contribution is -2.53. The predicted octanol–water partition coefficient (Wildman–Crippen LogP) is 1.82. The first-order valence-electron chi connectivity index (χ1n) is 7.61. The van der Waals surface area contributed by atoms with E-state index in [1.165, 1.54) is 12.1 Å². The lowest BCUT2D eigenvalue weighted by molar-refractivity contribution is -0.151. The second kappa shape index (κ2) is 6.05. The highest BCUT2D eigenvalue weighted by atomic mass is 19.4. The van der Waals surface area contributed by atoms with E-state index in [1.54, 1.807) is 6.07 Å². The standard InChI is InChI=1S/C16H20F3NO3/c17-16(18,19)13-4-2-1-3-12(13)14-5-11(22)6-20(14)7-15(8-21)9-23-10-15/h1-4,11,14,21-22H,5-10H2/t11-,14+/m1/s1. The molecule has 23 heavy (non-hydrogen) atoms. The quantitative estimate of drug-likeness (QED) is 0.884. The summed E-state index contributed by atoms with van der Waals surface area (Å²) in [5.74, 6) is 0. The van der Waals surface area contributed by atoms with Gasteiger partial charge < -0.3 is 14.9 Å². The van der Waals surface area contributed by atoms with Crippen molar-refractivity contribution in [3.05, 3.63) is 35.4 Å². The van der Waals surface area contributed by atoms with E-state index >= 15 is 0 Å². The normalized spacial score (nSPS) is 27.9. The van der Waals surface area contributed by atoms with Gasteiger partial charge in [-0.2, -0.15) is 13.2 Å². The molecule has 2 N–H and O–H groups in total. The van der Waals surface area contributed by atoms with Crippen LogP contribution in [0.1, 0.15) is 23.6 Å². The van der Waals surface area contributed by atoms with E-state index < -0.39 is 29.3 Å². The van der Waals surface area contributed by atoms with Crippen LogP contribution in [0.4, 0.5) is 13.2 Å². The maximum absolute atomic E-state index is 13.3. The lowest BCUT2D eigenvalue weighted by Gasteiger charge is -2.43. The molecule has 128 valence electrons. The van der Waals surface area contributed by atoms with E-state index in [-0.39, 0.29) is 18.6 Å². The highest BCUT2D eigenvalue weighted by molar-refractivity contribution is 5.33. The molecule has 3 rings (SSSR count). The highest BCUT2D eigenvalue weighted by Crippen LogP contribution is 2.42. The van der Waals surface area contributed by atoms with Crippen molar-refractivity contribution < 1.29 is 28.1 Å². The average molecular weight is 331 g/mol. The van der Waals surface area contributed by atoms with Crippen molar-refractivity contribution in [2.24, 2.45) is 5.41 Å². The predicted molar refractivity (Wildman–Crippen MR) is 76.7 cm³/mol. The molecule has 0 radical (unpaired) electrons. The van der Waals surface area contributed by atoms with E-state index in [4.69, 9.17) is 4.74 Å². The second-order valence-corrected chi connectivity index (χ2v) is 6.57. The van der Waals surface area contributed by atoms with Gasteiger partial charge in [0.1, 0.15) is 0 Å². The molecule has 2 fully saturated rings. The summed E-state index contributed by atoms with van der Waals surface area (Å²) in [7, 11) is 0. The molecule has 0 aliphatic carbocycles. The van der Waals surface area contributed by atoms with Crippen molar-refractivity contribution in [2.75, 3.05) is 32.9 Å². The number of aliphatic hydroxyl groups excluding tert-OH is 2. The molecule has 2 heterocycles. The fourth-order valence-electron chi connectivity index (χ4n) is 3.48. The molecule has 2 saturated heterocycles. The van der Waals surface area contributed by atoms with Gasteiger partial charge in [0.25, 0.3) is 0 Å². The van der Waals surface area contributed by atoms with E-state index in [2.05, 4.69) is 0 Å². The molecular weight excluding hydrogens is 311 g/mol. The maximum Gasteiger partial charge on any atom is 0.416 e. The van der Waals surface area contributed by atoms with Gasteiger partial charge in [-0.05, 0) is 18.1 Å². The molecule has 0 bridgehead atoms. The van der Waals surface area contributed by atoms with Gasteiger partial charge in [0.05, 0.1) is 36.9 Å². The van der Waals surface area contributed by atoms with Gasteiger partial charge in [0.15, 0.2) is 0 Å². The summed E-state index contributed by atoms with van der Waals surface area (Å²) in [6, 6.07) is 5.00. The zero-order valence-corrected chi connectivity index (χ0v) is 12.6. The summed E-state index contributed by atoms with van der Waals surface area (Å²) < 4.78 is 45.0. The van der Waals surface area contributed by atoms with Crippen LogP contribution in [-0.2, 0) is 10.9 Å². The third-order valence-corrected chi connectivity index (χ3v) is 4.70. The Morgan fingerprint density at radius 3 is 2.52 bits per heavy atom. The number of β-amino-alcohol motifs (C(OH)–C–C–N with tert-alkyl or cyclic N) is 1. The molecule has 1 aromatic carbocycles. The molecule has 2 atom stereocenters. The molecule has 0 unspecified atom stereocenters. The van der Waals surface area contributed by atoms with Crippen molar-refractivity contribution in [1.82, 2.24) is 4.90 Å². The Labute approximate surface area is 132 Å². The summed E-state index contributed by atoms with van der Waals surface area (Å²) in [5, 5.41) is 19.5. The van der Waals surface area contributed by atoms with Gasteiger partial charge in [-0.15, -0.1) is 0 Å². The Morgan fingerprint density at radius 2 is 1.96 bits per heavy atom. The largest absolute Gasteiger partial charge is 0.416 e. The number of aliphatic hydroxyl groups is 2. The number of alkyl halides is 3. The van der Waals surface area contributed by atoms with Gasteiger partial charge in [-0.3, -0.25) is 4.90 Å². The summed E-state index contributed by atoms with van der Waals surface area (Å²) in [4.78, 5) is 1.84. The number of hydrogen-bond donors (Lipinski definition) is 2. The fraction of sp³-hybridized carbons (Fsp3) is 0.625. The van der Waals surface area contributed by atoms with Crippen LogP contribution in [-0.4, -0.2) is 54.1 Å². The summed E-state index contributed by atoms with van der Waals surface area (Å²) >= 11 is 0. The number of likely N-dealkylation sites (tertiary alicyclic amines) is 1. The smallest absolute Gasteiger partial charge is 0.396 e. The third-order valence-electron chi connectivity index (χ3n) is 4.70. The highest BCUT2D eigenvalue weighted by Gasteiger charge is 2.45. The fourth-order valence-corrected chi connectivity index (χ4v) is 3.48. The minimum absolute atomic E-state index is 0.0762. The van der Waals surface area contributed by atoms with Crippen molar-refractivity contribution >= 4 is 0 Å². The van der Waals surface area contributed by atoms with Crippen molar-refractivity contribution in [2.45, 2.75) is 24.7 Å². The van der Waals surface area contributed by atoms with Gasteiger partial charge in [0, 0.05) is 19.1 Å². The number of rotatable bonds is 4. The average Bonchev–Trinajstić information content (AvgIpc) is 2.82. The molecule has 2 aliphatic rings. The Morgan fingerprint density at radius 1 is 1.26 bits per heavy atom. The van der Waals surface area contributed by atoms with Crippen molar-refractivity contribution in [1.29, 1.82) is 0 Å². The third kappa shape index (κ3) is 3.24. The van der Waals surface area contributed by atoms with E-state index in [9.17, 15) is 23.4 Å². The Balaban J connectivity index is 1.88. The molecular formula is C16H20F3NO3. The van der Waals surface area contributed by atoms with E-state index in [1.807, 2.05) is 4.90 Å². The number of benzene rings is 1. The number of nitrogens with zero attached hydrogens (tertiary/aromatic N) is 1. The summed E-state index contributed by atoms with van der Waals surface area (Å²) in [6.07, 6.45) is -4.84. The van der Waals surface area contributed by atoms with E-state index in [0.717, 1.165) is 6.07 Å². The van der Waals surface area contributed by atoms with Crippen LogP contribution in [0.15, 0.2) is 24.3 Å². The molecule has 2 aliphatic heterocycles. The SMILES string of the molecule is OCC1(CN2C[C@H](O)C[C@H]2c2ccccc2C(F)(F)F)COC1. The van der Waals surface area contributed by atoms with Crippen molar-refractivity contribution in [3.63, 3.8) is 0 Å². The summed E-state index contributed by atoms with van der Waals surface area (Å²) in [5.41, 5.74) is -0.910. The molecule has 7 heteroatoms. The first-order valence-corrected chi connectivity index (χ1v) is 7.61. The topological polar surface area (TPSA) is 52.9 Å². The lowest BCUT2D eigenvalue weighted by atomic mass is 9.85. The molecule has 4 nitrogen and oxygen atoms in total. The van der Waals surface area contributed by atoms with Crippen LogP contribution in [0, 0.1) is 5.41 Å². The van der Waals surface area contributed by atoms with Crippen LogP contribution in [0.2, 0.25) is 0 Å². The number of halogens is 3. The molecule has 0 aromatic heterocycles. The zero-order valence-electron chi connectivity index (χ0n) is 12.6. The molecule has 0 spiro atoms. The molecule has 0 saturated carbocycles. The monoisotopic (exact) mass is 331 g/mol. The van der Waals surface area contributed by atoms with Gasteiger partial charge in [0.2, 0.25) is 0 Å². The minimum Gasteiger partial charge on any atom is -0.396 e. The number of hydrogen-bond acceptors (Lipinski definition) is 4. The van der Waals surface area contributed by atoms with Crippen LogP contribution in [0.25, 0.3) is 0 Å². The van der Waals surface area contributed by atoms with Crippen molar-refractivity contribution in [3.8, 4) is 0 Å². The van der Waals surface area contributed by atoms with Crippen LogP contribution >= 0.6 is 0 Å². The maximum atomic E-state index is 13.3. The molecule has 1 aromatic rings. The van der Waals surface area contributed by atoms with Crippen LogP contribution < -0.4 is 0 Å². The Hall–Kier alpha value is -1.15. The first-order chi connectivity index (χ1) is 10.8. The summed E-state index contributed by atoms with van der Waals surface area (Å²) in [6.45, 7) is 1.43. The Bertz CT molecular complexity index is 554. The van der Waals surface area contributed by atoms with E-state index in [0.29, 0.717) is 26.3 Å². The van der Waals surface area contributed by atoms with Gasteiger partial charge in [-0.1, -0.05) is 18.2 Å².